The number of hydrogen-bond donors (Lipinski definition) is 0. The van der Waals surface area contributed by atoms with Crippen LogP contribution in [0.25, 0.3) is 5.65 Å². The van der Waals surface area contributed by atoms with Crippen molar-refractivity contribution >= 4 is 11.9 Å². The molecular weight excluding hydrogens is 255 g/mol. The summed E-state index contributed by atoms with van der Waals surface area (Å²) in [5.74, 6) is -0.425. The number of carbonyl (C=O) groups is 1. The van der Waals surface area contributed by atoms with Crippen LogP contribution in [0.1, 0.15) is 27.3 Å². The third-order valence-electron chi connectivity index (χ3n) is 3.32. The molecule has 0 unspecified atom stereocenters. The molecule has 2 heterocycles. The first-order valence-electron chi connectivity index (χ1n) is 6.35. The molecule has 0 atom stereocenters. The van der Waals surface area contributed by atoms with E-state index in [1.165, 1.54) is 16.0 Å². The Morgan fingerprint density at radius 2 is 2.00 bits per heavy atom. The minimum Gasteiger partial charge on any atom is -0.296 e. The van der Waals surface area contributed by atoms with Crippen molar-refractivity contribution in [3.63, 3.8) is 0 Å². The van der Waals surface area contributed by atoms with Gasteiger partial charge in [-0.1, -0.05) is 29.8 Å². The lowest BCUT2D eigenvalue weighted by atomic mass is 10.1. The number of nitrogens with zero attached hydrogens (tertiary/aromatic N) is 2. The molecule has 0 saturated heterocycles. The maximum Gasteiger partial charge on any atom is 0.174 e. The third kappa shape index (κ3) is 2.09. The van der Waals surface area contributed by atoms with Crippen LogP contribution in [-0.4, -0.2) is 15.7 Å². The number of aldehydes is 1. The van der Waals surface area contributed by atoms with E-state index in [0.717, 1.165) is 11.8 Å². The van der Waals surface area contributed by atoms with Gasteiger partial charge in [-0.15, -0.1) is 0 Å². The number of pyridine rings is 1. The Kier molecular flexibility index (Phi) is 3.06. The van der Waals surface area contributed by atoms with E-state index in [9.17, 15) is 9.18 Å². The Hall–Kier alpha value is -2.49. The molecule has 4 heteroatoms. The van der Waals surface area contributed by atoms with E-state index in [1.807, 2.05) is 31.2 Å². The molecule has 3 nitrogen and oxygen atoms in total. The van der Waals surface area contributed by atoms with Crippen LogP contribution in [0.3, 0.4) is 0 Å². The van der Waals surface area contributed by atoms with E-state index in [1.54, 1.807) is 12.3 Å². The molecule has 1 aromatic carbocycles. The molecule has 0 aliphatic carbocycles. The fourth-order valence-electron chi connectivity index (χ4n) is 2.25. The molecule has 0 saturated carbocycles. The van der Waals surface area contributed by atoms with Crippen LogP contribution < -0.4 is 0 Å². The number of aryl methyl sites for hydroxylation is 1. The van der Waals surface area contributed by atoms with Crippen molar-refractivity contribution in [1.29, 1.82) is 0 Å². The summed E-state index contributed by atoms with van der Waals surface area (Å²) in [6.07, 6.45) is 2.88. The summed E-state index contributed by atoms with van der Waals surface area (Å²) in [5, 5.41) is 0. The maximum absolute atomic E-state index is 13.7. The van der Waals surface area contributed by atoms with Crippen molar-refractivity contribution < 1.29 is 9.18 Å². The fourth-order valence-corrected chi connectivity index (χ4v) is 2.25. The summed E-state index contributed by atoms with van der Waals surface area (Å²) >= 11 is 0. The molecule has 0 fully saturated rings. The van der Waals surface area contributed by atoms with Gasteiger partial charge in [-0.2, -0.15) is 0 Å². The monoisotopic (exact) mass is 268 g/mol. The van der Waals surface area contributed by atoms with Crippen LogP contribution in [-0.2, 0) is 6.42 Å². The number of hydrogen-bond acceptors (Lipinski definition) is 2. The highest BCUT2D eigenvalue weighted by molar-refractivity contribution is 5.76. The second-order valence-electron chi connectivity index (χ2n) is 4.77. The molecule has 0 N–H and O–H groups in total. The fraction of sp³-hybridized carbons (Fsp3) is 0.125. The minimum absolute atomic E-state index is 0.191. The number of benzene rings is 1. The normalized spacial score (nSPS) is 10.9. The average Bonchev–Trinajstić information content (AvgIpc) is 2.80. The summed E-state index contributed by atoms with van der Waals surface area (Å²) in [6, 6.07) is 10.9. The quantitative estimate of drug-likeness (QED) is 0.684. The molecular formula is C16H13FN2O. The summed E-state index contributed by atoms with van der Waals surface area (Å²) < 4.78 is 15.2. The second-order valence-corrected chi connectivity index (χ2v) is 4.77. The van der Waals surface area contributed by atoms with Crippen molar-refractivity contribution in [3.05, 3.63) is 70.9 Å². The van der Waals surface area contributed by atoms with Gasteiger partial charge in [0.05, 0.1) is 5.69 Å². The first-order valence-corrected chi connectivity index (χ1v) is 6.35. The van der Waals surface area contributed by atoms with Crippen molar-refractivity contribution in [3.8, 4) is 0 Å². The van der Waals surface area contributed by atoms with Gasteiger partial charge in [0.1, 0.15) is 5.69 Å². The molecule has 3 aromatic rings. The number of fused-ring (bicyclic) bond motifs is 1. The SMILES string of the molecule is Cc1ccc(Cc2nc3c(F)cccn3c2C=O)cc1. The van der Waals surface area contributed by atoms with E-state index in [0.29, 0.717) is 17.8 Å². The molecule has 0 amide bonds. The average molecular weight is 268 g/mol. The second kappa shape index (κ2) is 4.89. The molecule has 2 aromatic heterocycles. The number of imidazole rings is 1. The third-order valence-corrected chi connectivity index (χ3v) is 3.32. The molecule has 20 heavy (non-hydrogen) atoms. The van der Waals surface area contributed by atoms with Crippen LogP contribution in [0.15, 0.2) is 42.6 Å². The molecule has 0 aliphatic heterocycles. The summed E-state index contributed by atoms with van der Waals surface area (Å²) in [6.45, 7) is 2.01. The van der Waals surface area contributed by atoms with Crippen LogP contribution in [0.5, 0.6) is 0 Å². The highest BCUT2D eigenvalue weighted by Gasteiger charge is 2.14. The molecule has 3 rings (SSSR count). The summed E-state index contributed by atoms with van der Waals surface area (Å²) in [4.78, 5) is 15.5. The topological polar surface area (TPSA) is 34.4 Å². The van der Waals surface area contributed by atoms with Gasteiger partial charge in [0, 0.05) is 12.6 Å². The zero-order chi connectivity index (χ0) is 14.1. The Labute approximate surface area is 115 Å². The lowest BCUT2D eigenvalue weighted by molar-refractivity contribution is 0.111. The van der Waals surface area contributed by atoms with E-state index in [2.05, 4.69) is 4.98 Å². The molecule has 100 valence electrons. The Balaban J connectivity index is 2.09. The number of halogens is 1. The first-order chi connectivity index (χ1) is 9.69. The number of rotatable bonds is 3. The molecule has 0 aliphatic rings. The highest BCUT2D eigenvalue weighted by Crippen LogP contribution is 2.17. The number of aromatic nitrogens is 2. The van der Waals surface area contributed by atoms with E-state index in [4.69, 9.17) is 0 Å². The maximum atomic E-state index is 13.7. The van der Waals surface area contributed by atoms with Gasteiger partial charge in [0.25, 0.3) is 0 Å². The largest absolute Gasteiger partial charge is 0.296 e. The summed E-state index contributed by atoms with van der Waals surface area (Å²) in [7, 11) is 0. The van der Waals surface area contributed by atoms with Gasteiger partial charge in [-0.3, -0.25) is 9.20 Å². The standard InChI is InChI=1S/C16H13FN2O/c1-11-4-6-12(7-5-11)9-14-15(10-20)19-8-2-3-13(17)16(19)18-14/h2-8,10H,9H2,1H3. The van der Waals surface area contributed by atoms with Crippen molar-refractivity contribution in [2.75, 3.05) is 0 Å². The predicted octanol–water partition coefficient (Wildman–Crippen LogP) is 3.19. The lowest BCUT2D eigenvalue weighted by Crippen LogP contribution is -1.96. The predicted molar refractivity (Wildman–Crippen MR) is 74.5 cm³/mol. The van der Waals surface area contributed by atoms with Crippen LogP contribution in [0.4, 0.5) is 4.39 Å². The van der Waals surface area contributed by atoms with Crippen molar-refractivity contribution in [2.45, 2.75) is 13.3 Å². The van der Waals surface area contributed by atoms with Crippen LogP contribution in [0, 0.1) is 12.7 Å². The van der Waals surface area contributed by atoms with E-state index >= 15 is 0 Å². The lowest BCUT2D eigenvalue weighted by Gasteiger charge is -2.00. The van der Waals surface area contributed by atoms with Gasteiger partial charge in [-0.25, -0.2) is 9.37 Å². The van der Waals surface area contributed by atoms with Crippen molar-refractivity contribution in [1.82, 2.24) is 9.38 Å². The number of carbonyl (C=O) groups excluding carboxylic acids is 1. The van der Waals surface area contributed by atoms with E-state index < -0.39 is 5.82 Å². The van der Waals surface area contributed by atoms with Crippen LogP contribution >= 0.6 is 0 Å². The Bertz CT molecular complexity index is 775. The van der Waals surface area contributed by atoms with Crippen molar-refractivity contribution in [2.24, 2.45) is 0 Å². The highest BCUT2D eigenvalue weighted by atomic mass is 19.1. The van der Waals surface area contributed by atoms with Gasteiger partial charge >= 0.3 is 0 Å². The van der Waals surface area contributed by atoms with Crippen LogP contribution in [0.2, 0.25) is 0 Å². The first kappa shape index (κ1) is 12.5. The molecule has 0 spiro atoms. The smallest absolute Gasteiger partial charge is 0.174 e. The zero-order valence-electron chi connectivity index (χ0n) is 11.0. The Morgan fingerprint density at radius 3 is 2.70 bits per heavy atom. The van der Waals surface area contributed by atoms with Gasteiger partial charge in [0.2, 0.25) is 0 Å². The zero-order valence-corrected chi connectivity index (χ0v) is 11.0. The summed E-state index contributed by atoms with van der Waals surface area (Å²) in [5.41, 5.74) is 3.40. The minimum atomic E-state index is -0.425. The van der Waals surface area contributed by atoms with Gasteiger partial charge in [-0.05, 0) is 24.6 Å². The molecule has 0 bridgehead atoms. The van der Waals surface area contributed by atoms with E-state index in [-0.39, 0.29) is 5.65 Å². The van der Waals surface area contributed by atoms with Gasteiger partial charge < -0.3 is 0 Å². The Morgan fingerprint density at radius 1 is 1.25 bits per heavy atom. The van der Waals surface area contributed by atoms with Gasteiger partial charge in [0.15, 0.2) is 17.8 Å². The molecule has 0 radical (unpaired) electrons.